The first kappa shape index (κ1) is 26.0. The van der Waals surface area contributed by atoms with Gasteiger partial charge in [-0.3, -0.25) is 4.99 Å². The van der Waals surface area contributed by atoms with E-state index >= 15 is 0 Å². The van der Waals surface area contributed by atoms with E-state index in [0.29, 0.717) is 50.5 Å². The summed E-state index contributed by atoms with van der Waals surface area (Å²) in [4.78, 5) is 4.53. The van der Waals surface area contributed by atoms with Crippen molar-refractivity contribution in [3.05, 3.63) is 35.4 Å². The zero-order valence-corrected chi connectivity index (χ0v) is 20.3. The Kier molecular flexibility index (Phi) is 10.8. The van der Waals surface area contributed by atoms with Gasteiger partial charge in [0, 0.05) is 44.2 Å². The van der Waals surface area contributed by atoms with E-state index in [9.17, 15) is 17.2 Å². The summed E-state index contributed by atoms with van der Waals surface area (Å²) < 4.78 is 52.5. The summed E-state index contributed by atoms with van der Waals surface area (Å²) in [6.07, 6.45) is 1.40. The number of hydrogen-bond donors (Lipinski definition) is 2. The molecule has 166 valence electrons. The fraction of sp³-hybridized carbons (Fsp3) is 0.632. The Balaban J connectivity index is 0.00000420. The molecule has 10 heteroatoms. The monoisotopic (exact) mass is 544 g/mol. The zero-order chi connectivity index (χ0) is 20.7. The van der Waals surface area contributed by atoms with Gasteiger partial charge in [-0.2, -0.15) is 0 Å². The molecule has 1 aliphatic rings. The fourth-order valence-electron chi connectivity index (χ4n) is 3.20. The lowest BCUT2D eigenvalue weighted by molar-refractivity contribution is 0.306. The van der Waals surface area contributed by atoms with Gasteiger partial charge in [-0.1, -0.05) is 13.0 Å². The first-order chi connectivity index (χ1) is 13.3. The predicted octanol–water partition coefficient (Wildman–Crippen LogP) is 3.06. The number of rotatable bonds is 7. The number of nitrogens with one attached hydrogen (secondary N) is 2. The van der Waals surface area contributed by atoms with Crippen LogP contribution in [-0.4, -0.2) is 56.7 Å². The van der Waals surface area contributed by atoms with Crippen molar-refractivity contribution in [2.75, 3.05) is 31.9 Å². The normalized spacial score (nSPS) is 17.5. The van der Waals surface area contributed by atoms with Crippen LogP contribution in [0.4, 0.5) is 8.78 Å². The minimum Gasteiger partial charge on any atom is -0.357 e. The topological polar surface area (TPSA) is 73.8 Å². The van der Waals surface area contributed by atoms with Gasteiger partial charge in [0.05, 0.1) is 5.75 Å². The van der Waals surface area contributed by atoms with Crippen molar-refractivity contribution < 1.29 is 17.2 Å². The molecule has 2 N–H and O–H groups in total. The highest BCUT2D eigenvalue weighted by atomic mass is 127. The summed E-state index contributed by atoms with van der Waals surface area (Å²) >= 11 is 0. The molecule has 0 aliphatic carbocycles. The number of nitrogens with zero attached hydrogens (tertiary/aromatic N) is 2. The van der Waals surface area contributed by atoms with Gasteiger partial charge in [-0.25, -0.2) is 21.5 Å². The van der Waals surface area contributed by atoms with Gasteiger partial charge in [0.2, 0.25) is 10.0 Å². The Morgan fingerprint density at radius 1 is 1.28 bits per heavy atom. The first-order valence-corrected chi connectivity index (χ1v) is 11.3. The lowest BCUT2D eigenvalue weighted by atomic mass is 10.0. The Hall–Kier alpha value is -1.01. The van der Waals surface area contributed by atoms with Crippen molar-refractivity contribution in [3.63, 3.8) is 0 Å². The van der Waals surface area contributed by atoms with Crippen molar-refractivity contribution >= 4 is 40.0 Å². The van der Waals surface area contributed by atoms with Gasteiger partial charge in [0.15, 0.2) is 5.96 Å². The highest BCUT2D eigenvalue weighted by Gasteiger charge is 2.27. The number of piperidine rings is 1. The Bertz CT molecular complexity index is 784. The SMILES string of the molecule is CCNC(=NCC(C)c1ccc(F)cc1F)NC1CCN(S(=O)(=O)CC)CC1.I. The molecule has 0 radical (unpaired) electrons. The van der Waals surface area contributed by atoms with E-state index in [1.807, 2.05) is 13.8 Å². The summed E-state index contributed by atoms with van der Waals surface area (Å²) in [6, 6.07) is 3.71. The third kappa shape index (κ3) is 7.63. The molecule has 1 unspecified atom stereocenters. The van der Waals surface area contributed by atoms with E-state index in [2.05, 4.69) is 15.6 Å². The van der Waals surface area contributed by atoms with E-state index < -0.39 is 21.7 Å². The molecule has 6 nitrogen and oxygen atoms in total. The van der Waals surface area contributed by atoms with Crippen LogP contribution < -0.4 is 10.6 Å². The highest BCUT2D eigenvalue weighted by molar-refractivity contribution is 14.0. The lowest BCUT2D eigenvalue weighted by Crippen LogP contribution is -2.50. The average Bonchev–Trinajstić information content (AvgIpc) is 2.66. The quantitative estimate of drug-likeness (QED) is 0.315. The molecular weight excluding hydrogens is 513 g/mol. The standard InChI is InChI=1S/C19H30F2N4O2S.HI/c1-4-22-19(23-13-14(3)17-7-6-15(20)12-18(17)21)24-16-8-10-25(11-9-16)28(26,27)5-2;/h6-7,12,14,16H,4-5,8-11,13H2,1-3H3,(H2,22,23,24);1H. The summed E-state index contributed by atoms with van der Waals surface area (Å²) in [7, 11) is -3.15. The number of guanidine groups is 1. The third-order valence-corrected chi connectivity index (χ3v) is 6.80. The Labute approximate surface area is 189 Å². The van der Waals surface area contributed by atoms with Crippen LogP contribution >= 0.6 is 24.0 Å². The van der Waals surface area contributed by atoms with E-state index in [0.717, 1.165) is 6.07 Å². The molecule has 1 aromatic carbocycles. The molecule has 0 spiro atoms. The summed E-state index contributed by atoms with van der Waals surface area (Å²) in [5.74, 6) is -0.623. The van der Waals surface area contributed by atoms with Crippen LogP contribution in [0.15, 0.2) is 23.2 Å². The van der Waals surface area contributed by atoms with Gasteiger partial charge in [-0.05, 0) is 38.3 Å². The maximum Gasteiger partial charge on any atom is 0.213 e. The number of hydrogen-bond acceptors (Lipinski definition) is 3. The molecule has 2 rings (SSSR count). The summed E-state index contributed by atoms with van der Waals surface area (Å²) in [5.41, 5.74) is 0.430. The number of aliphatic imine (C=N–C) groups is 1. The Morgan fingerprint density at radius 3 is 2.48 bits per heavy atom. The molecule has 29 heavy (non-hydrogen) atoms. The zero-order valence-electron chi connectivity index (χ0n) is 17.1. The average molecular weight is 544 g/mol. The van der Waals surface area contributed by atoms with Crippen LogP contribution in [0.3, 0.4) is 0 Å². The highest BCUT2D eigenvalue weighted by Crippen LogP contribution is 2.20. The van der Waals surface area contributed by atoms with Crippen molar-refractivity contribution in [2.45, 2.75) is 45.6 Å². The molecular formula is C19H31F2IN4O2S. The lowest BCUT2D eigenvalue weighted by Gasteiger charge is -2.32. The van der Waals surface area contributed by atoms with E-state index in [-0.39, 0.29) is 41.7 Å². The van der Waals surface area contributed by atoms with Crippen LogP contribution in [-0.2, 0) is 10.0 Å². The van der Waals surface area contributed by atoms with Gasteiger partial charge < -0.3 is 10.6 Å². The van der Waals surface area contributed by atoms with Crippen LogP contribution in [0.5, 0.6) is 0 Å². The van der Waals surface area contributed by atoms with Crippen molar-refractivity contribution in [3.8, 4) is 0 Å². The van der Waals surface area contributed by atoms with Crippen LogP contribution in [0.1, 0.15) is 45.1 Å². The smallest absolute Gasteiger partial charge is 0.213 e. The van der Waals surface area contributed by atoms with Crippen molar-refractivity contribution in [2.24, 2.45) is 4.99 Å². The van der Waals surface area contributed by atoms with Gasteiger partial charge >= 0.3 is 0 Å². The molecule has 0 saturated carbocycles. The predicted molar refractivity (Wildman–Crippen MR) is 123 cm³/mol. The van der Waals surface area contributed by atoms with Gasteiger partial charge in [0.1, 0.15) is 11.6 Å². The minimum atomic E-state index is -3.15. The number of sulfonamides is 1. The maximum atomic E-state index is 13.9. The third-order valence-electron chi connectivity index (χ3n) is 4.91. The van der Waals surface area contributed by atoms with Crippen molar-refractivity contribution in [1.29, 1.82) is 0 Å². The van der Waals surface area contributed by atoms with E-state index in [1.54, 1.807) is 6.92 Å². The maximum absolute atomic E-state index is 13.9. The van der Waals surface area contributed by atoms with Gasteiger partial charge in [0.25, 0.3) is 0 Å². The molecule has 1 aliphatic heterocycles. The van der Waals surface area contributed by atoms with E-state index in [4.69, 9.17) is 0 Å². The molecule has 0 aromatic heterocycles. The van der Waals surface area contributed by atoms with Crippen LogP contribution in [0.25, 0.3) is 0 Å². The minimum absolute atomic E-state index is 0. The Morgan fingerprint density at radius 2 is 1.93 bits per heavy atom. The van der Waals surface area contributed by atoms with Crippen molar-refractivity contribution in [1.82, 2.24) is 14.9 Å². The molecule has 1 atom stereocenters. The van der Waals surface area contributed by atoms with Crippen LogP contribution in [0, 0.1) is 11.6 Å². The second kappa shape index (κ2) is 12.0. The number of halogens is 3. The summed E-state index contributed by atoms with van der Waals surface area (Å²) in [6.45, 7) is 7.46. The molecule has 0 bridgehead atoms. The molecule has 1 fully saturated rings. The van der Waals surface area contributed by atoms with E-state index in [1.165, 1.54) is 16.4 Å². The molecule has 0 amide bonds. The molecule has 1 aromatic rings. The molecule has 1 heterocycles. The second-order valence-electron chi connectivity index (χ2n) is 7.00. The summed E-state index contributed by atoms with van der Waals surface area (Å²) in [5, 5.41) is 6.51. The first-order valence-electron chi connectivity index (χ1n) is 9.74. The largest absolute Gasteiger partial charge is 0.357 e. The second-order valence-corrected chi connectivity index (χ2v) is 9.26. The van der Waals surface area contributed by atoms with Crippen LogP contribution in [0.2, 0.25) is 0 Å². The molecule has 1 saturated heterocycles. The fourth-order valence-corrected chi connectivity index (χ4v) is 4.33. The number of benzene rings is 1. The van der Waals surface area contributed by atoms with Gasteiger partial charge in [-0.15, -0.1) is 24.0 Å².